The van der Waals surface area contributed by atoms with Gasteiger partial charge in [-0.15, -0.1) is 0 Å². The van der Waals surface area contributed by atoms with Gasteiger partial charge < -0.3 is 0 Å². The van der Waals surface area contributed by atoms with Gasteiger partial charge in [0, 0.05) is 0 Å². The van der Waals surface area contributed by atoms with E-state index in [4.69, 9.17) is 0 Å². The predicted octanol–water partition coefficient (Wildman–Crippen LogP) is 4.72. The van der Waals surface area contributed by atoms with E-state index in [1.807, 2.05) is 17.1 Å². The van der Waals surface area contributed by atoms with E-state index >= 15 is 0 Å². The monoisotopic (exact) mass is 258 g/mol. The van der Waals surface area contributed by atoms with E-state index in [-0.39, 0.29) is 0 Å². The summed E-state index contributed by atoms with van der Waals surface area (Å²) in [7, 11) is 0. The Morgan fingerprint density at radius 3 is 1.93 bits per heavy atom. The maximum Gasteiger partial charge on any atom is -0.0183 e. The quantitative estimate of drug-likeness (QED) is 0.732. The molecular formula is C14H11Br. The Morgan fingerprint density at radius 1 is 0.733 bits per heavy atom. The summed E-state index contributed by atoms with van der Waals surface area (Å²) in [6.45, 7) is 0. The van der Waals surface area contributed by atoms with E-state index in [1.54, 1.807) is 0 Å². The third kappa shape index (κ3) is 2.57. The lowest BCUT2D eigenvalue weighted by Gasteiger charge is -2.01. The fourth-order valence-electron chi connectivity index (χ4n) is 1.49. The Kier molecular flexibility index (Phi) is 3.36. The number of hydrogen-bond donors (Lipinski definition) is 0. The lowest BCUT2D eigenvalue weighted by molar-refractivity contribution is 1.60. The van der Waals surface area contributed by atoms with Crippen LogP contribution in [0.25, 0.3) is 17.2 Å². The second kappa shape index (κ2) is 4.94. The summed E-state index contributed by atoms with van der Waals surface area (Å²) in [5, 5.41) is 0. The van der Waals surface area contributed by atoms with Crippen LogP contribution in [0.1, 0.15) is 5.56 Å². The Bertz CT molecular complexity index is 441. The highest BCUT2D eigenvalue weighted by Crippen LogP contribution is 2.19. The van der Waals surface area contributed by atoms with Crippen LogP contribution in [0, 0.1) is 0 Å². The molecule has 0 aromatic heterocycles. The van der Waals surface area contributed by atoms with Gasteiger partial charge in [0.15, 0.2) is 0 Å². The van der Waals surface area contributed by atoms with Gasteiger partial charge in [-0.1, -0.05) is 70.5 Å². The molecule has 74 valence electrons. The van der Waals surface area contributed by atoms with Crippen molar-refractivity contribution in [3.63, 3.8) is 0 Å². The molecule has 0 nitrogen and oxygen atoms in total. The second-order valence-corrected chi connectivity index (χ2v) is 3.81. The first-order valence-corrected chi connectivity index (χ1v) is 5.74. The first-order valence-electron chi connectivity index (χ1n) is 4.82. The first kappa shape index (κ1) is 10.2. The van der Waals surface area contributed by atoms with Crippen LogP contribution < -0.4 is 0 Å². The SMILES string of the molecule is BrC=Cc1ccc(-c2ccccc2)cc1. The summed E-state index contributed by atoms with van der Waals surface area (Å²) >= 11 is 3.27. The van der Waals surface area contributed by atoms with Crippen LogP contribution in [0.4, 0.5) is 0 Å². The zero-order valence-electron chi connectivity index (χ0n) is 8.23. The summed E-state index contributed by atoms with van der Waals surface area (Å²) < 4.78 is 0. The fraction of sp³-hybridized carbons (Fsp3) is 0. The highest BCUT2D eigenvalue weighted by atomic mass is 79.9. The van der Waals surface area contributed by atoms with Gasteiger partial charge >= 0.3 is 0 Å². The van der Waals surface area contributed by atoms with E-state index in [9.17, 15) is 0 Å². The smallest absolute Gasteiger partial charge is 0.0183 e. The van der Waals surface area contributed by atoms with Crippen molar-refractivity contribution >= 4 is 22.0 Å². The van der Waals surface area contributed by atoms with Crippen LogP contribution in [0.5, 0.6) is 0 Å². The molecular weight excluding hydrogens is 248 g/mol. The summed E-state index contributed by atoms with van der Waals surface area (Å²) in [4.78, 5) is 1.87. The molecule has 0 aliphatic rings. The number of benzene rings is 2. The van der Waals surface area contributed by atoms with Crippen LogP contribution in [0.15, 0.2) is 59.6 Å². The van der Waals surface area contributed by atoms with Crippen LogP contribution in [-0.2, 0) is 0 Å². The van der Waals surface area contributed by atoms with Gasteiger partial charge in [-0.05, 0) is 27.8 Å². The van der Waals surface area contributed by atoms with Crippen molar-refractivity contribution < 1.29 is 0 Å². The average molecular weight is 259 g/mol. The lowest BCUT2D eigenvalue weighted by atomic mass is 10.0. The van der Waals surface area contributed by atoms with Gasteiger partial charge in [0.25, 0.3) is 0 Å². The molecule has 2 aromatic carbocycles. The Morgan fingerprint density at radius 2 is 1.33 bits per heavy atom. The fourth-order valence-corrected chi connectivity index (χ4v) is 1.80. The molecule has 0 bridgehead atoms. The molecule has 0 amide bonds. The van der Waals surface area contributed by atoms with Gasteiger partial charge in [-0.2, -0.15) is 0 Å². The maximum absolute atomic E-state index is 3.27. The van der Waals surface area contributed by atoms with Crippen molar-refractivity contribution in [2.45, 2.75) is 0 Å². The average Bonchev–Trinajstić information content (AvgIpc) is 2.32. The van der Waals surface area contributed by atoms with Gasteiger partial charge in [0.05, 0.1) is 0 Å². The van der Waals surface area contributed by atoms with Crippen molar-refractivity contribution in [1.82, 2.24) is 0 Å². The molecule has 2 aromatic rings. The third-order valence-corrected chi connectivity index (χ3v) is 2.54. The van der Waals surface area contributed by atoms with Crippen LogP contribution in [0.3, 0.4) is 0 Å². The molecule has 0 spiro atoms. The van der Waals surface area contributed by atoms with E-state index in [1.165, 1.54) is 16.7 Å². The number of rotatable bonds is 2. The van der Waals surface area contributed by atoms with Crippen molar-refractivity contribution in [3.8, 4) is 11.1 Å². The van der Waals surface area contributed by atoms with E-state index < -0.39 is 0 Å². The summed E-state index contributed by atoms with van der Waals surface area (Å²) in [5.74, 6) is 0. The van der Waals surface area contributed by atoms with E-state index in [0.717, 1.165) is 0 Å². The first-order chi connectivity index (χ1) is 7.40. The standard InChI is InChI=1S/C14H11Br/c15-11-10-12-6-8-14(9-7-12)13-4-2-1-3-5-13/h1-11H. The second-order valence-electron chi connectivity index (χ2n) is 3.28. The van der Waals surface area contributed by atoms with Gasteiger partial charge in [-0.25, -0.2) is 0 Å². The Hall–Kier alpha value is -1.34. The highest BCUT2D eigenvalue weighted by Gasteiger charge is 1.94. The third-order valence-electron chi connectivity index (χ3n) is 2.27. The van der Waals surface area contributed by atoms with E-state index in [0.29, 0.717) is 0 Å². The van der Waals surface area contributed by atoms with Gasteiger partial charge in [-0.3, -0.25) is 0 Å². The van der Waals surface area contributed by atoms with Gasteiger partial charge in [0.2, 0.25) is 0 Å². The summed E-state index contributed by atoms with van der Waals surface area (Å²) in [6, 6.07) is 18.9. The van der Waals surface area contributed by atoms with Crippen LogP contribution >= 0.6 is 15.9 Å². The molecule has 0 saturated carbocycles. The van der Waals surface area contributed by atoms with Crippen LogP contribution in [0.2, 0.25) is 0 Å². The minimum absolute atomic E-state index is 1.20. The molecule has 0 aliphatic carbocycles. The molecule has 0 N–H and O–H groups in total. The minimum atomic E-state index is 1.20. The molecule has 0 atom stereocenters. The normalized spacial score (nSPS) is 10.7. The molecule has 0 saturated heterocycles. The zero-order valence-corrected chi connectivity index (χ0v) is 9.81. The largest absolute Gasteiger partial charge is 0.0622 e. The number of hydrogen-bond acceptors (Lipinski definition) is 0. The van der Waals surface area contributed by atoms with Crippen molar-refractivity contribution in [2.24, 2.45) is 0 Å². The van der Waals surface area contributed by atoms with E-state index in [2.05, 4.69) is 64.5 Å². The zero-order chi connectivity index (χ0) is 10.5. The molecule has 1 heteroatoms. The molecule has 0 aliphatic heterocycles. The van der Waals surface area contributed by atoms with Gasteiger partial charge in [0.1, 0.15) is 0 Å². The maximum atomic E-state index is 3.27. The van der Waals surface area contributed by atoms with Crippen molar-refractivity contribution in [2.75, 3.05) is 0 Å². The Balaban J connectivity index is 2.32. The van der Waals surface area contributed by atoms with Crippen LogP contribution in [-0.4, -0.2) is 0 Å². The lowest BCUT2D eigenvalue weighted by Crippen LogP contribution is -1.77. The minimum Gasteiger partial charge on any atom is -0.0622 e. The molecule has 0 unspecified atom stereocenters. The number of halogens is 1. The summed E-state index contributed by atoms with van der Waals surface area (Å²) in [5.41, 5.74) is 3.71. The predicted molar refractivity (Wildman–Crippen MR) is 69.8 cm³/mol. The van der Waals surface area contributed by atoms with Crippen molar-refractivity contribution in [1.29, 1.82) is 0 Å². The topological polar surface area (TPSA) is 0 Å². The summed E-state index contributed by atoms with van der Waals surface area (Å²) in [6.07, 6.45) is 2.02. The Labute approximate surface area is 98.4 Å². The highest BCUT2D eigenvalue weighted by molar-refractivity contribution is 9.11. The molecule has 2 rings (SSSR count). The molecule has 15 heavy (non-hydrogen) atoms. The molecule has 0 heterocycles. The van der Waals surface area contributed by atoms with Crippen molar-refractivity contribution in [3.05, 3.63) is 65.1 Å². The molecule has 0 radical (unpaired) electrons. The molecule has 0 fully saturated rings.